The van der Waals surface area contributed by atoms with Crippen LogP contribution in [-0.4, -0.2) is 23.0 Å². The fraction of sp³-hybridized carbons (Fsp3) is 0.125. The Kier molecular flexibility index (Phi) is 3.55. The van der Waals surface area contributed by atoms with Crippen LogP contribution in [0.2, 0.25) is 0 Å². The summed E-state index contributed by atoms with van der Waals surface area (Å²) in [6.07, 6.45) is 3.40. The van der Waals surface area contributed by atoms with Crippen LogP contribution in [0.5, 0.6) is 5.88 Å². The van der Waals surface area contributed by atoms with E-state index in [-0.39, 0.29) is 5.91 Å². The first kappa shape index (κ1) is 13.2. The van der Waals surface area contributed by atoms with Gasteiger partial charge in [-0.05, 0) is 29.1 Å². The lowest BCUT2D eigenvalue weighted by molar-refractivity contribution is 0.0950. The summed E-state index contributed by atoms with van der Waals surface area (Å²) in [7, 11) is 1.54. The van der Waals surface area contributed by atoms with E-state index in [0.717, 1.165) is 16.5 Å². The van der Waals surface area contributed by atoms with Gasteiger partial charge in [0.1, 0.15) is 0 Å². The Morgan fingerprint density at radius 1 is 1.29 bits per heavy atom. The van der Waals surface area contributed by atoms with Crippen molar-refractivity contribution in [3.05, 3.63) is 59.9 Å². The van der Waals surface area contributed by atoms with Crippen LogP contribution in [0.15, 0.2) is 48.8 Å². The van der Waals surface area contributed by atoms with Crippen LogP contribution >= 0.6 is 0 Å². The maximum atomic E-state index is 12.0. The number of aromatic amines is 1. The topological polar surface area (TPSA) is 67.0 Å². The average molecular weight is 281 g/mol. The number of benzene rings is 1. The first-order valence-corrected chi connectivity index (χ1v) is 6.60. The fourth-order valence-electron chi connectivity index (χ4n) is 2.12. The fourth-order valence-corrected chi connectivity index (χ4v) is 2.12. The minimum atomic E-state index is -0.156. The number of pyridine rings is 1. The smallest absolute Gasteiger partial charge is 0.253 e. The van der Waals surface area contributed by atoms with E-state index < -0.39 is 0 Å². The number of ether oxygens (including phenoxy) is 1. The van der Waals surface area contributed by atoms with Crippen LogP contribution < -0.4 is 10.1 Å². The number of carbonyl (C=O) groups excluding carboxylic acids is 1. The van der Waals surface area contributed by atoms with Crippen LogP contribution in [0, 0.1) is 0 Å². The molecule has 0 aliphatic carbocycles. The zero-order valence-corrected chi connectivity index (χ0v) is 11.6. The molecule has 0 unspecified atom stereocenters. The van der Waals surface area contributed by atoms with Crippen molar-refractivity contribution < 1.29 is 9.53 Å². The number of amides is 1. The Balaban J connectivity index is 1.66. The number of hydrogen-bond donors (Lipinski definition) is 2. The van der Waals surface area contributed by atoms with Crippen molar-refractivity contribution in [2.75, 3.05) is 7.11 Å². The third kappa shape index (κ3) is 2.86. The molecule has 3 aromatic rings. The number of hydrogen-bond acceptors (Lipinski definition) is 3. The molecule has 5 nitrogen and oxygen atoms in total. The van der Waals surface area contributed by atoms with E-state index in [1.165, 1.54) is 6.20 Å². The number of nitrogens with one attached hydrogen (secondary N) is 2. The molecule has 106 valence electrons. The summed E-state index contributed by atoms with van der Waals surface area (Å²) in [6.45, 7) is 0.472. The summed E-state index contributed by atoms with van der Waals surface area (Å²) in [5.74, 6) is 0.334. The van der Waals surface area contributed by atoms with E-state index in [9.17, 15) is 4.79 Å². The highest BCUT2D eigenvalue weighted by Gasteiger charge is 2.06. The van der Waals surface area contributed by atoms with Gasteiger partial charge in [-0.25, -0.2) is 4.98 Å². The van der Waals surface area contributed by atoms with Gasteiger partial charge in [0.2, 0.25) is 5.88 Å². The van der Waals surface area contributed by atoms with Gasteiger partial charge in [0.15, 0.2) is 0 Å². The average Bonchev–Trinajstić information content (AvgIpc) is 3.00. The highest BCUT2D eigenvalue weighted by atomic mass is 16.5. The predicted molar refractivity (Wildman–Crippen MR) is 80.3 cm³/mol. The molecule has 1 amide bonds. The predicted octanol–water partition coefficient (Wildman–Crippen LogP) is 2.50. The third-order valence-electron chi connectivity index (χ3n) is 3.28. The standard InChI is InChI=1S/C16H15N3O2/c1-21-15-5-4-13(10-18-15)16(20)19-9-11-2-3-12-6-7-17-14(12)8-11/h2-8,10,17H,9H2,1H3,(H,19,20). The molecule has 1 aromatic carbocycles. The monoisotopic (exact) mass is 281 g/mol. The normalized spacial score (nSPS) is 10.5. The first-order chi connectivity index (χ1) is 10.3. The SMILES string of the molecule is COc1ccc(C(=O)NCc2ccc3cc[nH]c3c2)cn1. The minimum Gasteiger partial charge on any atom is -0.481 e. The zero-order chi connectivity index (χ0) is 14.7. The van der Waals surface area contributed by atoms with Crippen molar-refractivity contribution in [1.82, 2.24) is 15.3 Å². The van der Waals surface area contributed by atoms with Crippen molar-refractivity contribution in [2.24, 2.45) is 0 Å². The maximum absolute atomic E-state index is 12.0. The van der Waals surface area contributed by atoms with Crippen LogP contribution in [0.25, 0.3) is 10.9 Å². The van der Waals surface area contributed by atoms with Gasteiger partial charge in [-0.1, -0.05) is 12.1 Å². The summed E-state index contributed by atoms with van der Waals surface area (Å²) in [6, 6.07) is 11.4. The van der Waals surface area contributed by atoms with Crippen LogP contribution in [0.3, 0.4) is 0 Å². The molecule has 0 aliphatic rings. The Morgan fingerprint density at radius 3 is 2.95 bits per heavy atom. The molecular weight excluding hydrogens is 266 g/mol. The second-order valence-corrected chi connectivity index (χ2v) is 4.67. The Hall–Kier alpha value is -2.82. The molecular formula is C16H15N3O2. The summed E-state index contributed by atoms with van der Waals surface area (Å²) in [5, 5.41) is 4.03. The summed E-state index contributed by atoms with van der Waals surface area (Å²) in [4.78, 5) is 19.2. The highest BCUT2D eigenvalue weighted by molar-refractivity contribution is 5.93. The van der Waals surface area contributed by atoms with Crippen molar-refractivity contribution in [3.63, 3.8) is 0 Å². The molecule has 0 spiro atoms. The lowest BCUT2D eigenvalue weighted by Crippen LogP contribution is -2.22. The molecule has 2 aromatic heterocycles. The number of nitrogens with zero attached hydrogens (tertiary/aromatic N) is 1. The van der Waals surface area contributed by atoms with Gasteiger partial charge in [-0.15, -0.1) is 0 Å². The zero-order valence-electron chi connectivity index (χ0n) is 11.6. The molecule has 21 heavy (non-hydrogen) atoms. The molecule has 0 atom stereocenters. The second kappa shape index (κ2) is 5.66. The molecule has 0 fully saturated rings. The molecule has 3 rings (SSSR count). The largest absolute Gasteiger partial charge is 0.481 e. The van der Waals surface area contributed by atoms with Gasteiger partial charge in [0, 0.05) is 30.5 Å². The summed E-state index contributed by atoms with van der Waals surface area (Å²) >= 11 is 0. The molecule has 2 heterocycles. The number of rotatable bonds is 4. The second-order valence-electron chi connectivity index (χ2n) is 4.67. The number of methoxy groups -OCH3 is 1. The first-order valence-electron chi connectivity index (χ1n) is 6.60. The lowest BCUT2D eigenvalue weighted by Gasteiger charge is -2.06. The van der Waals surface area contributed by atoms with E-state index in [1.54, 1.807) is 19.2 Å². The van der Waals surface area contributed by atoms with E-state index >= 15 is 0 Å². The van der Waals surface area contributed by atoms with Crippen molar-refractivity contribution in [2.45, 2.75) is 6.54 Å². The molecule has 0 saturated carbocycles. The number of aromatic nitrogens is 2. The quantitative estimate of drug-likeness (QED) is 0.772. The van der Waals surface area contributed by atoms with Gasteiger partial charge in [0.25, 0.3) is 5.91 Å². The van der Waals surface area contributed by atoms with Gasteiger partial charge in [-0.2, -0.15) is 0 Å². The molecule has 2 N–H and O–H groups in total. The van der Waals surface area contributed by atoms with Crippen molar-refractivity contribution >= 4 is 16.8 Å². The summed E-state index contributed by atoms with van der Waals surface area (Å²) < 4.78 is 4.97. The molecule has 0 bridgehead atoms. The summed E-state index contributed by atoms with van der Waals surface area (Å²) in [5.41, 5.74) is 2.62. The number of H-pyrrole nitrogens is 1. The van der Waals surface area contributed by atoms with Crippen LogP contribution in [0.1, 0.15) is 15.9 Å². The molecule has 0 radical (unpaired) electrons. The van der Waals surface area contributed by atoms with Gasteiger partial charge in [0.05, 0.1) is 12.7 Å². The molecule has 0 saturated heterocycles. The van der Waals surface area contributed by atoms with E-state index in [1.807, 2.05) is 30.5 Å². The van der Waals surface area contributed by atoms with Crippen LogP contribution in [0.4, 0.5) is 0 Å². The van der Waals surface area contributed by atoms with Gasteiger partial charge in [-0.3, -0.25) is 4.79 Å². The van der Waals surface area contributed by atoms with E-state index in [0.29, 0.717) is 18.0 Å². The highest BCUT2D eigenvalue weighted by Crippen LogP contribution is 2.14. The van der Waals surface area contributed by atoms with Crippen molar-refractivity contribution in [1.29, 1.82) is 0 Å². The molecule has 0 aliphatic heterocycles. The Bertz CT molecular complexity index is 763. The lowest BCUT2D eigenvalue weighted by atomic mass is 10.1. The Labute approximate surface area is 122 Å². The van der Waals surface area contributed by atoms with Gasteiger partial charge < -0.3 is 15.0 Å². The number of fused-ring (bicyclic) bond motifs is 1. The van der Waals surface area contributed by atoms with Crippen molar-refractivity contribution in [3.8, 4) is 5.88 Å². The molecule has 5 heteroatoms. The minimum absolute atomic E-state index is 0.156. The maximum Gasteiger partial charge on any atom is 0.253 e. The van der Waals surface area contributed by atoms with E-state index in [2.05, 4.69) is 15.3 Å². The number of carbonyl (C=O) groups is 1. The Morgan fingerprint density at radius 2 is 2.19 bits per heavy atom. The van der Waals surface area contributed by atoms with E-state index in [4.69, 9.17) is 4.74 Å². The third-order valence-corrected chi connectivity index (χ3v) is 3.28. The van der Waals surface area contributed by atoms with Gasteiger partial charge >= 0.3 is 0 Å². The van der Waals surface area contributed by atoms with Crippen LogP contribution in [-0.2, 0) is 6.54 Å².